The van der Waals surface area contributed by atoms with Crippen molar-refractivity contribution in [1.82, 2.24) is 4.98 Å². The van der Waals surface area contributed by atoms with Crippen LogP contribution in [0.5, 0.6) is 0 Å². The fraction of sp³-hybridized carbons (Fsp3) is 0.357. The van der Waals surface area contributed by atoms with Crippen LogP contribution in [0.25, 0.3) is 11.3 Å². The van der Waals surface area contributed by atoms with Gasteiger partial charge in [-0.05, 0) is 37.6 Å². The summed E-state index contributed by atoms with van der Waals surface area (Å²) in [5.74, 6) is -0.216. The molecule has 18 heavy (non-hydrogen) atoms. The Balaban J connectivity index is 2.16. The Hall–Kier alpha value is -1.26. The third-order valence-electron chi connectivity index (χ3n) is 2.70. The number of thiazole rings is 1. The summed E-state index contributed by atoms with van der Waals surface area (Å²) in [4.78, 5) is 5.80. The Labute approximate surface area is 110 Å². The normalized spacial score (nSPS) is 10.8. The molecule has 1 aromatic carbocycles. The summed E-state index contributed by atoms with van der Waals surface area (Å²) in [6, 6.07) is 6.49. The van der Waals surface area contributed by atoms with E-state index in [1.165, 1.54) is 17.0 Å². The maximum absolute atomic E-state index is 12.9. The molecular weight excluding hydrogens is 249 g/mol. The van der Waals surface area contributed by atoms with E-state index in [-0.39, 0.29) is 5.82 Å². The van der Waals surface area contributed by atoms with Gasteiger partial charge in [-0.25, -0.2) is 9.37 Å². The molecule has 2 aromatic rings. The van der Waals surface area contributed by atoms with E-state index < -0.39 is 0 Å². The Bertz CT molecular complexity index is 507. The Morgan fingerprint density at radius 1 is 1.28 bits per heavy atom. The summed E-state index contributed by atoms with van der Waals surface area (Å²) in [7, 11) is 1.71. The fourth-order valence-corrected chi connectivity index (χ4v) is 2.80. The largest absolute Gasteiger partial charge is 0.385 e. The molecule has 0 spiro atoms. The number of rotatable bonds is 5. The van der Waals surface area contributed by atoms with Crippen LogP contribution in [0.1, 0.15) is 16.3 Å². The van der Waals surface area contributed by atoms with Gasteiger partial charge in [0.15, 0.2) is 0 Å². The SMILES string of the molecule is COCCCc1nc(-c2ccc(F)cc2)c(C)s1. The molecule has 0 saturated heterocycles. The van der Waals surface area contributed by atoms with Gasteiger partial charge in [0.1, 0.15) is 5.82 Å². The average Bonchev–Trinajstić information content (AvgIpc) is 2.72. The standard InChI is InChI=1S/C14H16FNOS/c1-10-14(11-5-7-12(15)8-6-11)16-13(18-10)4-3-9-17-2/h5-8H,3-4,9H2,1-2H3. The third-order valence-corrected chi connectivity index (χ3v) is 3.73. The van der Waals surface area contributed by atoms with Crippen LogP contribution in [0.2, 0.25) is 0 Å². The van der Waals surface area contributed by atoms with Crippen LogP contribution < -0.4 is 0 Å². The number of methoxy groups -OCH3 is 1. The number of aryl methyl sites for hydroxylation is 2. The molecule has 0 fully saturated rings. The summed E-state index contributed by atoms with van der Waals surface area (Å²) in [5, 5.41) is 1.11. The number of nitrogens with zero attached hydrogens (tertiary/aromatic N) is 1. The summed E-state index contributed by atoms with van der Waals surface area (Å²) in [6.07, 6.45) is 1.91. The highest BCUT2D eigenvalue weighted by Gasteiger charge is 2.09. The van der Waals surface area contributed by atoms with Gasteiger partial charge >= 0.3 is 0 Å². The van der Waals surface area contributed by atoms with Gasteiger partial charge in [-0.1, -0.05) is 0 Å². The molecule has 4 heteroatoms. The second-order valence-electron chi connectivity index (χ2n) is 4.12. The molecule has 0 aliphatic heterocycles. The highest BCUT2D eigenvalue weighted by atomic mass is 32.1. The molecule has 0 amide bonds. The summed E-state index contributed by atoms with van der Waals surface area (Å²) < 4.78 is 17.9. The van der Waals surface area contributed by atoms with Crippen LogP contribution in [-0.4, -0.2) is 18.7 Å². The van der Waals surface area contributed by atoms with E-state index in [0.29, 0.717) is 0 Å². The number of hydrogen-bond donors (Lipinski definition) is 0. The zero-order valence-corrected chi connectivity index (χ0v) is 11.4. The van der Waals surface area contributed by atoms with Crippen LogP contribution in [-0.2, 0) is 11.2 Å². The van der Waals surface area contributed by atoms with E-state index in [4.69, 9.17) is 4.74 Å². The minimum atomic E-state index is -0.216. The number of ether oxygens (including phenoxy) is 1. The first-order chi connectivity index (χ1) is 8.70. The van der Waals surface area contributed by atoms with Gasteiger partial charge in [-0.2, -0.15) is 0 Å². The number of halogens is 1. The summed E-state index contributed by atoms with van der Waals surface area (Å²) >= 11 is 1.70. The second kappa shape index (κ2) is 6.07. The van der Waals surface area contributed by atoms with Gasteiger partial charge in [0.05, 0.1) is 10.7 Å². The zero-order chi connectivity index (χ0) is 13.0. The molecule has 0 atom stereocenters. The molecule has 0 saturated carbocycles. The maximum Gasteiger partial charge on any atom is 0.123 e. The van der Waals surface area contributed by atoms with Crippen molar-refractivity contribution in [3.05, 3.63) is 40.0 Å². The highest BCUT2D eigenvalue weighted by molar-refractivity contribution is 7.12. The predicted octanol–water partition coefficient (Wildman–Crippen LogP) is 3.84. The van der Waals surface area contributed by atoms with Crippen molar-refractivity contribution in [2.24, 2.45) is 0 Å². The number of aromatic nitrogens is 1. The van der Waals surface area contributed by atoms with Gasteiger partial charge in [-0.3, -0.25) is 0 Å². The highest BCUT2D eigenvalue weighted by Crippen LogP contribution is 2.28. The third kappa shape index (κ3) is 3.15. The molecule has 1 aromatic heterocycles. The predicted molar refractivity (Wildman–Crippen MR) is 72.4 cm³/mol. The van der Waals surface area contributed by atoms with E-state index in [1.807, 2.05) is 0 Å². The fourth-order valence-electron chi connectivity index (χ4n) is 1.80. The summed E-state index contributed by atoms with van der Waals surface area (Å²) in [5.41, 5.74) is 1.94. The Kier molecular flexibility index (Phi) is 4.44. The van der Waals surface area contributed by atoms with E-state index in [9.17, 15) is 4.39 Å². The first-order valence-electron chi connectivity index (χ1n) is 5.92. The van der Waals surface area contributed by atoms with E-state index >= 15 is 0 Å². The zero-order valence-electron chi connectivity index (χ0n) is 10.6. The van der Waals surface area contributed by atoms with Gasteiger partial charge in [0.2, 0.25) is 0 Å². The van der Waals surface area contributed by atoms with Crippen LogP contribution in [0, 0.1) is 12.7 Å². The number of hydrogen-bond acceptors (Lipinski definition) is 3. The quantitative estimate of drug-likeness (QED) is 0.766. The number of benzene rings is 1. The smallest absolute Gasteiger partial charge is 0.123 e. The Morgan fingerprint density at radius 2 is 2.00 bits per heavy atom. The molecule has 0 N–H and O–H groups in total. The van der Waals surface area contributed by atoms with Crippen molar-refractivity contribution in [2.75, 3.05) is 13.7 Å². The van der Waals surface area contributed by atoms with Gasteiger partial charge in [-0.15, -0.1) is 11.3 Å². The first kappa shape index (κ1) is 13.2. The molecule has 0 aliphatic rings. The molecule has 0 aliphatic carbocycles. The van der Waals surface area contributed by atoms with E-state index in [2.05, 4.69) is 11.9 Å². The maximum atomic E-state index is 12.9. The van der Waals surface area contributed by atoms with Crippen molar-refractivity contribution in [3.63, 3.8) is 0 Å². The monoisotopic (exact) mass is 265 g/mol. The van der Waals surface area contributed by atoms with Gasteiger partial charge in [0, 0.05) is 30.6 Å². The minimum Gasteiger partial charge on any atom is -0.385 e. The summed E-state index contributed by atoms with van der Waals surface area (Å²) in [6.45, 7) is 2.81. The molecular formula is C14H16FNOS. The topological polar surface area (TPSA) is 22.1 Å². The average molecular weight is 265 g/mol. The van der Waals surface area contributed by atoms with Crippen LogP contribution in [0.15, 0.2) is 24.3 Å². The van der Waals surface area contributed by atoms with Crippen molar-refractivity contribution < 1.29 is 9.13 Å². The van der Waals surface area contributed by atoms with E-state index in [0.717, 1.165) is 35.7 Å². The van der Waals surface area contributed by atoms with Gasteiger partial charge < -0.3 is 4.74 Å². The second-order valence-corrected chi connectivity index (χ2v) is 5.40. The van der Waals surface area contributed by atoms with Crippen LogP contribution in [0.4, 0.5) is 4.39 Å². The molecule has 2 rings (SSSR count). The lowest BCUT2D eigenvalue weighted by Gasteiger charge is -1.98. The van der Waals surface area contributed by atoms with E-state index in [1.54, 1.807) is 30.6 Å². The van der Waals surface area contributed by atoms with Crippen molar-refractivity contribution in [3.8, 4) is 11.3 Å². The lowest BCUT2D eigenvalue weighted by Crippen LogP contribution is -1.92. The Morgan fingerprint density at radius 3 is 2.67 bits per heavy atom. The molecule has 0 bridgehead atoms. The first-order valence-corrected chi connectivity index (χ1v) is 6.73. The lowest BCUT2D eigenvalue weighted by atomic mass is 10.1. The molecule has 96 valence electrons. The van der Waals surface area contributed by atoms with Crippen molar-refractivity contribution >= 4 is 11.3 Å². The van der Waals surface area contributed by atoms with Crippen molar-refractivity contribution in [2.45, 2.75) is 19.8 Å². The van der Waals surface area contributed by atoms with Gasteiger partial charge in [0.25, 0.3) is 0 Å². The molecule has 2 nitrogen and oxygen atoms in total. The molecule has 0 unspecified atom stereocenters. The lowest BCUT2D eigenvalue weighted by molar-refractivity contribution is 0.195. The van der Waals surface area contributed by atoms with Crippen molar-refractivity contribution in [1.29, 1.82) is 0 Å². The minimum absolute atomic E-state index is 0.216. The molecule has 1 heterocycles. The van der Waals surface area contributed by atoms with Crippen LogP contribution in [0.3, 0.4) is 0 Å². The van der Waals surface area contributed by atoms with Crippen LogP contribution >= 0.6 is 11.3 Å². The molecule has 0 radical (unpaired) electrons.